The van der Waals surface area contributed by atoms with Crippen molar-refractivity contribution in [1.29, 1.82) is 0 Å². The molecule has 0 atom stereocenters. The van der Waals surface area contributed by atoms with Crippen LogP contribution < -0.4 is 5.56 Å². The van der Waals surface area contributed by atoms with Crippen LogP contribution >= 0.6 is 11.6 Å². The van der Waals surface area contributed by atoms with E-state index >= 15 is 0 Å². The highest BCUT2D eigenvalue weighted by atomic mass is 35.5. The SMILES string of the molecule is O=C(c1cc(=O)[nH]c2ccc(Cl)cc12)N1CCC(c2nc(C3CC3)n[nH]2)CC1. The molecule has 144 valence electrons. The monoisotopic (exact) mass is 397 g/mol. The Morgan fingerprint density at radius 3 is 2.64 bits per heavy atom. The van der Waals surface area contributed by atoms with Gasteiger partial charge >= 0.3 is 0 Å². The molecule has 5 rings (SSSR count). The van der Waals surface area contributed by atoms with Gasteiger partial charge in [-0.25, -0.2) is 4.98 Å². The van der Waals surface area contributed by atoms with Crippen LogP contribution in [-0.4, -0.2) is 44.1 Å². The number of hydrogen-bond donors (Lipinski definition) is 2. The van der Waals surface area contributed by atoms with E-state index in [9.17, 15) is 9.59 Å². The van der Waals surface area contributed by atoms with Gasteiger partial charge in [0.05, 0.1) is 5.56 Å². The summed E-state index contributed by atoms with van der Waals surface area (Å²) in [6.45, 7) is 1.25. The van der Waals surface area contributed by atoms with Crippen molar-refractivity contribution >= 4 is 28.4 Å². The van der Waals surface area contributed by atoms with E-state index in [-0.39, 0.29) is 17.4 Å². The van der Waals surface area contributed by atoms with Gasteiger partial charge in [0.2, 0.25) is 5.56 Å². The van der Waals surface area contributed by atoms with Crippen molar-refractivity contribution in [1.82, 2.24) is 25.1 Å². The molecule has 2 fully saturated rings. The quantitative estimate of drug-likeness (QED) is 0.709. The molecule has 0 bridgehead atoms. The molecule has 7 nitrogen and oxygen atoms in total. The van der Waals surface area contributed by atoms with Gasteiger partial charge in [-0.1, -0.05) is 11.6 Å². The number of H-pyrrole nitrogens is 2. The number of carbonyl (C=O) groups excluding carboxylic acids is 1. The minimum atomic E-state index is -0.290. The van der Waals surface area contributed by atoms with Gasteiger partial charge in [-0.15, -0.1) is 0 Å². The first-order chi connectivity index (χ1) is 13.6. The first-order valence-corrected chi connectivity index (χ1v) is 10.0. The van der Waals surface area contributed by atoms with Crippen LogP contribution in [0.15, 0.2) is 29.1 Å². The van der Waals surface area contributed by atoms with Crippen LogP contribution in [0, 0.1) is 0 Å². The maximum absolute atomic E-state index is 13.1. The molecule has 2 aromatic heterocycles. The lowest BCUT2D eigenvalue weighted by atomic mass is 9.95. The first kappa shape index (κ1) is 17.4. The fraction of sp³-hybridized carbons (Fsp3) is 0.400. The Bertz CT molecular complexity index is 1110. The van der Waals surface area contributed by atoms with E-state index in [0.717, 1.165) is 24.5 Å². The predicted molar refractivity (Wildman–Crippen MR) is 106 cm³/mol. The molecule has 1 saturated heterocycles. The number of rotatable bonds is 3. The van der Waals surface area contributed by atoms with Gasteiger partial charge in [0.25, 0.3) is 5.91 Å². The normalized spacial score (nSPS) is 18.0. The molecule has 0 spiro atoms. The lowest BCUT2D eigenvalue weighted by molar-refractivity contribution is 0.0713. The lowest BCUT2D eigenvalue weighted by Gasteiger charge is -2.31. The average Bonchev–Trinajstić information content (AvgIpc) is 3.44. The molecule has 1 aromatic carbocycles. The Labute approximate surface area is 166 Å². The highest BCUT2D eigenvalue weighted by molar-refractivity contribution is 6.31. The number of pyridine rings is 1. The van der Waals surface area contributed by atoms with Crippen molar-refractivity contribution in [2.45, 2.75) is 37.5 Å². The molecule has 0 radical (unpaired) electrons. The molecule has 2 aliphatic rings. The molecule has 0 unspecified atom stereocenters. The Balaban J connectivity index is 1.35. The van der Waals surface area contributed by atoms with Gasteiger partial charge in [-0.3, -0.25) is 14.7 Å². The van der Waals surface area contributed by atoms with Crippen molar-refractivity contribution in [2.75, 3.05) is 13.1 Å². The largest absolute Gasteiger partial charge is 0.339 e. The van der Waals surface area contributed by atoms with E-state index in [1.54, 1.807) is 18.2 Å². The second kappa shape index (κ2) is 6.74. The number of amides is 1. The molecule has 28 heavy (non-hydrogen) atoms. The number of nitrogens with one attached hydrogen (secondary N) is 2. The van der Waals surface area contributed by atoms with E-state index in [1.165, 1.54) is 18.9 Å². The minimum Gasteiger partial charge on any atom is -0.339 e. The van der Waals surface area contributed by atoms with Crippen LogP contribution in [0.5, 0.6) is 0 Å². The number of carbonyl (C=O) groups is 1. The maximum atomic E-state index is 13.1. The molecular formula is C20H20ClN5O2. The van der Waals surface area contributed by atoms with E-state index in [2.05, 4.69) is 20.2 Å². The van der Waals surface area contributed by atoms with Gasteiger partial charge in [0, 0.05) is 46.9 Å². The highest BCUT2D eigenvalue weighted by Crippen LogP contribution is 2.38. The standard InChI is InChI=1S/C20H20ClN5O2/c21-13-3-4-16-14(9-13)15(10-17(27)22-16)20(28)26-7-5-12(6-8-26)19-23-18(24-25-19)11-1-2-11/h3-4,9-12H,1-2,5-8H2,(H,22,27)(H,23,24,25). The summed E-state index contributed by atoms with van der Waals surface area (Å²) in [6, 6.07) is 6.52. The molecular weight excluding hydrogens is 378 g/mol. The minimum absolute atomic E-state index is 0.131. The Kier molecular flexibility index (Phi) is 4.19. The molecule has 1 saturated carbocycles. The number of aromatic amines is 2. The molecule has 1 aliphatic carbocycles. The molecule has 3 heterocycles. The Morgan fingerprint density at radius 1 is 1.11 bits per heavy atom. The first-order valence-electron chi connectivity index (χ1n) is 9.62. The zero-order chi connectivity index (χ0) is 19.3. The fourth-order valence-corrected chi connectivity index (χ4v) is 4.10. The number of piperidine rings is 1. The second-order valence-electron chi connectivity index (χ2n) is 7.66. The zero-order valence-electron chi connectivity index (χ0n) is 15.2. The van der Waals surface area contributed by atoms with Crippen molar-refractivity contribution in [3.63, 3.8) is 0 Å². The Hall–Kier alpha value is -2.67. The van der Waals surface area contributed by atoms with Crippen molar-refractivity contribution in [3.8, 4) is 0 Å². The Morgan fingerprint density at radius 2 is 1.89 bits per heavy atom. The molecule has 3 aromatic rings. The highest BCUT2D eigenvalue weighted by Gasteiger charge is 2.31. The van der Waals surface area contributed by atoms with Gasteiger partial charge in [0.1, 0.15) is 5.82 Å². The summed E-state index contributed by atoms with van der Waals surface area (Å²) < 4.78 is 0. The number of aromatic nitrogens is 4. The summed E-state index contributed by atoms with van der Waals surface area (Å²) in [7, 11) is 0. The zero-order valence-corrected chi connectivity index (χ0v) is 16.0. The van der Waals surface area contributed by atoms with Crippen LogP contribution in [0.1, 0.15) is 59.5 Å². The number of hydrogen-bond acceptors (Lipinski definition) is 4. The number of benzene rings is 1. The van der Waals surface area contributed by atoms with Crippen LogP contribution in [0.3, 0.4) is 0 Å². The van der Waals surface area contributed by atoms with Crippen LogP contribution in [0.2, 0.25) is 5.02 Å². The summed E-state index contributed by atoms with van der Waals surface area (Å²) in [5, 5.41) is 8.63. The summed E-state index contributed by atoms with van der Waals surface area (Å²) >= 11 is 6.10. The summed E-state index contributed by atoms with van der Waals surface area (Å²) in [5.41, 5.74) is 0.724. The van der Waals surface area contributed by atoms with Gasteiger partial charge in [0.15, 0.2) is 5.82 Å². The molecule has 1 amide bonds. The second-order valence-corrected chi connectivity index (χ2v) is 8.09. The van der Waals surface area contributed by atoms with Gasteiger partial charge in [-0.2, -0.15) is 5.10 Å². The summed E-state index contributed by atoms with van der Waals surface area (Å²) in [5.74, 6) is 2.55. The molecule has 2 N–H and O–H groups in total. The van der Waals surface area contributed by atoms with Crippen molar-refractivity contribution in [2.24, 2.45) is 0 Å². The molecule has 8 heteroatoms. The predicted octanol–water partition coefficient (Wildman–Crippen LogP) is 3.20. The third kappa shape index (κ3) is 3.20. The van der Waals surface area contributed by atoms with Crippen molar-refractivity contribution < 1.29 is 4.79 Å². The number of nitrogens with zero attached hydrogens (tertiary/aromatic N) is 3. The fourth-order valence-electron chi connectivity index (χ4n) is 3.92. The van der Waals surface area contributed by atoms with E-state index in [1.807, 2.05) is 4.90 Å². The topological polar surface area (TPSA) is 94.7 Å². The van der Waals surface area contributed by atoms with E-state index in [4.69, 9.17) is 11.6 Å². The lowest BCUT2D eigenvalue weighted by Crippen LogP contribution is -2.38. The number of halogens is 1. The van der Waals surface area contributed by atoms with Crippen LogP contribution in [0.4, 0.5) is 0 Å². The average molecular weight is 398 g/mol. The van der Waals surface area contributed by atoms with Gasteiger partial charge < -0.3 is 9.88 Å². The van der Waals surface area contributed by atoms with E-state index < -0.39 is 0 Å². The van der Waals surface area contributed by atoms with Gasteiger partial charge in [-0.05, 0) is 43.9 Å². The third-order valence-corrected chi connectivity index (χ3v) is 5.90. The molecule has 1 aliphatic heterocycles. The number of fused-ring (bicyclic) bond motifs is 1. The third-order valence-electron chi connectivity index (χ3n) is 5.67. The summed E-state index contributed by atoms with van der Waals surface area (Å²) in [6.07, 6.45) is 4.01. The van der Waals surface area contributed by atoms with Crippen molar-refractivity contribution in [3.05, 3.63) is 56.9 Å². The summed E-state index contributed by atoms with van der Waals surface area (Å²) in [4.78, 5) is 34.3. The maximum Gasteiger partial charge on any atom is 0.254 e. The number of likely N-dealkylation sites (tertiary alicyclic amines) is 1. The van der Waals surface area contributed by atoms with Crippen LogP contribution in [0.25, 0.3) is 10.9 Å². The van der Waals surface area contributed by atoms with E-state index in [0.29, 0.717) is 40.5 Å². The van der Waals surface area contributed by atoms with Crippen LogP contribution in [-0.2, 0) is 0 Å². The smallest absolute Gasteiger partial charge is 0.254 e.